The predicted molar refractivity (Wildman–Crippen MR) is 81.0 cm³/mol. The lowest BCUT2D eigenvalue weighted by Crippen LogP contribution is -2.33. The Morgan fingerprint density at radius 2 is 2.08 bits per heavy atom. The molecule has 1 aliphatic heterocycles. The van der Waals surface area contributed by atoms with Gasteiger partial charge in [-0.3, -0.25) is 9.09 Å². The van der Waals surface area contributed by atoms with Gasteiger partial charge < -0.3 is 24.7 Å². The fourth-order valence-corrected chi connectivity index (χ4v) is 3.26. The minimum atomic E-state index is -4.71. The summed E-state index contributed by atoms with van der Waals surface area (Å²) in [6.45, 7) is -0.573. The second-order valence-corrected chi connectivity index (χ2v) is 7.07. The lowest BCUT2D eigenvalue weighted by Gasteiger charge is -2.16. The van der Waals surface area contributed by atoms with Gasteiger partial charge in [0.1, 0.15) is 35.2 Å². The van der Waals surface area contributed by atoms with E-state index in [1.807, 2.05) is 6.26 Å². The summed E-state index contributed by atoms with van der Waals surface area (Å²) in [6.07, 6.45) is -0.302. The van der Waals surface area contributed by atoms with Crippen LogP contribution in [0.15, 0.2) is 17.7 Å². The van der Waals surface area contributed by atoms with Gasteiger partial charge in [0.25, 0.3) is 0 Å². The number of aliphatic hydroxyl groups is 2. The molecule has 3 rings (SSSR count). The minimum Gasteiger partial charge on any atom is -0.387 e. The van der Waals surface area contributed by atoms with E-state index in [9.17, 15) is 14.8 Å². The van der Waals surface area contributed by atoms with Crippen LogP contribution in [-0.4, -0.2) is 70.7 Å². The van der Waals surface area contributed by atoms with E-state index in [1.54, 1.807) is 0 Å². The Labute approximate surface area is 139 Å². The van der Waals surface area contributed by atoms with Crippen molar-refractivity contribution in [1.82, 2.24) is 19.5 Å². The Kier molecular flexibility index (Phi) is 4.91. The molecule has 1 aliphatic rings. The number of nitrogens with zero attached hydrogens (tertiary/aromatic N) is 4. The maximum absolute atomic E-state index is 10.8. The first-order valence-corrected chi connectivity index (χ1v) is 9.50. The van der Waals surface area contributed by atoms with Crippen molar-refractivity contribution < 1.29 is 33.8 Å². The Morgan fingerprint density at radius 1 is 1.33 bits per heavy atom. The number of hydrogen-bond donors (Lipinski definition) is 4. The van der Waals surface area contributed by atoms with Gasteiger partial charge in [0.15, 0.2) is 11.9 Å². The SMILES string of the molecule is CSc1ncnc2c1ncn2C1OC(COP(=O)(O)O)C(O)C1O. The Hall–Kier alpha value is -1.11. The lowest BCUT2D eigenvalue weighted by atomic mass is 10.1. The summed E-state index contributed by atoms with van der Waals surface area (Å²) in [5.41, 5.74) is 0.923. The van der Waals surface area contributed by atoms with Crippen LogP contribution in [-0.2, 0) is 13.8 Å². The molecule has 0 amide bonds. The van der Waals surface area contributed by atoms with Gasteiger partial charge in [-0.1, -0.05) is 0 Å². The molecule has 2 aromatic rings. The Morgan fingerprint density at radius 3 is 2.75 bits per heavy atom. The first-order valence-electron chi connectivity index (χ1n) is 6.75. The quantitative estimate of drug-likeness (QED) is 0.295. The molecule has 0 saturated carbocycles. The molecule has 1 fully saturated rings. The molecule has 132 valence electrons. The van der Waals surface area contributed by atoms with Crippen molar-refractivity contribution in [3.8, 4) is 0 Å². The third kappa shape index (κ3) is 3.32. The van der Waals surface area contributed by atoms with Crippen molar-refractivity contribution in [2.75, 3.05) is 12.9 Å². The number of fused-ring (bicyclic) bond motifs is 1. The molecule has 13 heteroatoms. The number of phosphoric ester groups is 1. The molecule has 0 aliphatic carbocycles. The smallest absolute Gasteiger partial charge is 0.387 e. The van der Waals surface area contributed by atoms with Gasteiger partial charge in [0, 0.05) is 0 Å². The molecule has 4 N–H and O–H groups in total. The fraction of sp³-hybridized carbons (Fsp3) is 0.545. The molecule has 4 unspecified atom stereocenters. The Balaban J connectivity index is 1.86. The van der Waals surface area contributed by atoms with Crippen molar-refractivity contribution in [1.29, 1.82) is 0 Å². The maximum Gasteiger partial charge on any atom is 0.469 e. The first kappa shape index (κ1) is 17.7. The van der Waals surface area contributed by atoms with Crippen molar-refractivity contribution in [2.45, 2.75) is 29.6 Å². The third-order valence-electron chi connectivity index (χ3n) is 3.54. The number of imidazole rings is 1. The molecule has 24 heavy (non-hydrogen) atoms. The van der Waals surface area contributed by atoms with Crippen molar-refractivity contribution in [3.05, 3.63) is 12.7 Å². The van der Waals surface area contributed by atoms with E-state index in [0.717, 1.165) is 0 Å². The van der Waals surface area contributed by atoms with Gasteiger partial charge in [0.2, 0.25) is 0 Å². The number of rotatable bonds is 5. The Bertz CT molecular complexity index is 783. The molecule has 1 saturated heterocycles. The number of phosphoric acid groups is 1. The number of hydrogen-bond acceptors (Lipinski definition) is 9. The zero-order chi connectivity index (χ0) is 17.5. The van der Waals surface area contributed by atoms with Crippen LogP contribution >= 0.6 is 19.6 Å². The molecule has 0 aromatic carbocycles. The van der Waals surface area contributed by atoms with Crippen LogP contribution in [0, 0.1) is 0 Å². The van der Waals surface area contributed by atoms with Crippen LogP contribution in [0.4, 0.5) is 0 Å². The van der Waals surface area contributed by atoms with Gasteiger partial charge >= 0.3 is 7.82 Å². The topological polar surface area (TPSA) is 160 Å². The molecule has 11 nitrogen and oxygen atoms in total. The van der Waals surface area contributed by atoms with Crippen LogP contribution in [0.2, 0.25) is 0 Å². The molecule has 3 heterocycles. The van der Waals surface area contributed by atoms with E-state index >= 15 is 0 Å². The van der Waals surface area contributed by atoms with Gasteiger partial charge in [-0.15, -0.1) is 11.8 Å². The largest absolute Gasteiger partial charge is 0.469 e. The zero-order valence-corrected chi connectivity index (χ0v) is 14.0. The molecule has 0 bridgehead atoms. The molecule has 0 radical (unpaired) electrons. The summed E-state index contributed by atoms with van der Waals surface area (Å²) in [5.74, 6) is 0. The van der Waals surface area contributed by atoms with E-state index in [2.05, 4.69) is 19.5 Å². The number of aliphatic hydroxyl groups excluding tert-OH is 2. The van der Waals surface area contributed by atoms with Gasteiger partial charge in [-0.25, -0.2) is 19.5 Å². The monoisotopic (exact) mass is 378 g/mol. The summed E-state index contributed by atoms with van der Waals surface area (Å²) < 4.78 is 22.0. The number of thioether (sulfide) groups is 1. The average Bonchev–Trinajstić information content (AvgIpc) is 3.07. The van der Waals surface area contributed by atoms with Gasteiger partial charge in [-0.2, -0.15) is 0 Å². The summed E-state index contributed by atoms with van der Waals surface area (Å²) in [5, 5.41) is 20.9. The molecular formula is C11H15N4O7PS. The maximum atomic E-state index is 10.8. The highest BCUT2D eigenvalue weighted by molar-refractivity contribution is 7.98. The van der Waals surface area contributed by atoms with E-state index in [1.165, 1.54) is 29.0 Å². The predicted octanol–water partition coefficient (Wildman–Crippen LogP) is -0.723. The highest BCUT2D eigenvalue weighted by atomic mass is 32.2. The molecule has 2 aromatic heterocycles. The summed E-state index contributed by atoms with van der Waals surface area (Å²) in [4.78, 5) is 29.9. The van der Waals surface area contributed by atoms with E-state index in [0.29, 0.717) is 16.2 Å². The molecular weight excluding hydrogens is 363 g/mol. The molecule has 0 spiro atoms. The highest BCUT2D eigenvalue weighted by Gasteiger charge is 2.45. The van der Waals surface area contributed by atoms with Crippen LogP contribution in [0.5, 0.6) is 0 Å². The highest BCUT2D eigenvalue weighted by Crippen LogP contribution is 2.38. The van der Waals surface area contributed by atoms with Crippen LogP contribution in [0.25, 0.3) is 11.2 Å². The molecule has 4 atom stereocenters. The lowest BCUT2D eigenvalue weighted by molar-refractivity contribution is -0.0504. The number of ether oxygens (including phenoxy) is 1. The third-order valence-corrected chi connectivity index (χ3v) is 4.71. The van der Waals surface area contributed by atoms with Crippen LogP contribution in [0.3, 0.4) is 0 Å². The standard InChI is InChI=1S/C11H15N4O7PS/c1-24-10-6-9(12-3-13-10)15(4-14-6)11-8(17)7(16)5(22-11)2-21-23(18,19)20/h3-5,7-8,11,16-17H,2H2,1H3,(H2,18,19,20). The van der Waals surface area contributed by atoms with E-state index in [4.69, 9.17) is 14.5 Å². The first-order chi connectivity index (χ1) is 11.3. The van der Waals surface area contributed by atoms with Crippen LogP contribution in [0.1, 0.15) is 6.23 Å². The summed E-state index contributed by atoms with van der Waals surface area (Å²) in [6, 6.07) is 0. The summed E-state index contributed by atoms with van der Waals surface area (Å²) >= 11 is 1.38. The van der Waals surface area contributed by atoms with Crippen molar-refractivity contribution in [3.63, 3.8) is 0 Å². The second-order valence-electron chi connectivity index (χ2n) is 5.04. The van der Waals surface area contributed by atoms with Gasteiger partial charge in [0.05, 0.1) is 12.9 Å². The zero-order valence-electron chi connectivity index (χ0n) is 12.3. The van der Waals surface area contributed by atoms with Crippen LogP contribution < -0.4 is 0 Å². The summed E-state index contributed by atoms with van der Waals surface area (Å²) in [7, 11) is -4.71. The average molecular weight is 378 g/mol. The number of aromatic nitrogens is 4. The van der Waals surface area contributed by atoms with E-state index < -0.39 is 39.0 Å². The minimum absolute atomic E-state index is 0.405. The van der Waals surface area contributed by atoms with Gasteiger partial charge in [-0.05, 0) is 6.26 Å². The van der Waals surface area contributed by atoms with Crippen molar-refractivity contribution >= 4 is 30.7 Å². The van der Waals surface area contributed by atoms with E-state index in [-0.39, 0.29) is 0 Å². The van der Waals surface area contributed by atoms with Crippen molar-refractivity contribution in [2.24, 2.45) is 0 Å². The fourth-order valence-electron chi connectivity index (χ4n) is 2.43. The normalized spacial score (nSPS) is 27.9. The second kappa shape index (κ2) is 6.65.